The molecule has 0 aliphatic heterocycles. The molecule has 2 aromatic rings. The largest absolute Gasteiger partial charge is 0.416 e. The van der Waals surface area contributed by atoms with Crippen molar-refractivity contribution in [2.75, 3.05) is 25.1 Å². The van der Waals surface area contributed by atoms with Gasteiger partial charge in [0.1, 0.15) is 0 Å². The summed E-state index contributed by atoms with van der Waals surface area (Å²) in [5.74, 6) is -1.84. The summed E-state index contributed by atoms with van der Waals surface area (Å²) in [6.07, 6.45) is -0.772. The lowest BCUT2D eigenvalue weighted by Crippen LogP contribution is -2.53. The first kappa shape index (κ1) is 32.9. The zero-order valence-electron chi connectivity index (χ0n) is 23.7. The van der Waals surface area contributed by atoms with Crippen LogP contribution in [0.1, 0.15) is 56.0 Å². The molecule has 12 heteroatoms. The Morgan fingerprint density at radius 1 is 1.10 bits per heavy atom. The van der Waals surface area contributed by atoms with E-state index < -0.39 is 46.0 Å². The van der Waals surface area contributed by atoms with Gasteiger partial charge in [0.05, 0.1) is 22.8 Å². The molecule has 2 N–H and O–H groups in total. The molecule has 2 aromatic carbocycles. The highest BCUT2D eigenvalue weighted by atomic mass is 32.2. The van der Waals surface area contributed by atoms with Gasteiger partial charge >= 0.3 is 6.18 Å². The van der Waals surface area contributed by atoms with Crippen LogP contribution in [0.2, 0.25) is 0 Å². The minimum Gasteiger partial charge on any atom is -0.352 e. The smallest absolute Gasteiger partial charge is 0.352 e. The van der Waals surface area contributed by atoms with Crippen LogP contribution in [0.4, 0.5) is 13.2 Å². The molecule has 2 amide bonds. The Hall–Kier alpha value is -2.57. The molecular formula is C29H38F3N3O4S2. The summed E-state index contributed by atoms with van der Waals surface area (Å²) in [5, 5.41) is 5.26. The Morgan fingerprint density at radius 2 is 1.78 bits per heavy atom. The molecule has 3 atom stereocenters. The molecule has 226 valence electrons. The van der Waals surface area contributed by atoms with Crippen molar-refractivity contribution < 1.29 is 31.2 Å². The van der Waals surface area contributed by atoms with Crippen LogP contribution in [-0.2, 0) is 20.8 Å². The number of alkyl halides is 3. The van der Waals surface area contributed by atoms with Gasteiger partial charge in [-0.05, 0) is 94.3 Å². The number of nitrogens with one attached hydrogen (secondary N) is 2. The monoisotopic (exact) mass is 613 g/mol. The number of rotatable bonds is 11. The van der Waals surface area contributed by atoms with Crippen molar-refractivity contribution in [1.29, 1.82) is 0 Å². The van der Waals surface area contributed by atoms with Gasteiger partial charge in [-0.15, -0.1) is 11.8 Å². The summed E-state index contributed by atoms with van der Waals surface area (Å²) < 4.78 is 65.8. The quantitative estimate of drug-likeness (QED) is 0.346. The number of hydrogen-bond acceptors (Lipinski definition) is 6. The van der Waals surface area contributed by atoms with E-state index in [1.807, 2.05) is 6.26 Å². The summed E-state index contributed by atoms with van der Waals surface area (Å²) in [6.45, 7) is 6.64. The second kappa shape index (κ2) is 14.1. The van der Waals surface area contributed by atoms with Crippen molar-refractivity contribution in [3.8, 4) is 0 Å². The molecule has 3 rings (SSSR count). The first-order valence-electron chi connectivity index (χ1n) is 13.6. The Kier molecular flexibility index (Phi) is 11.3. The van der Waals surface area contributed by atoms with E-state index in [2.05, 4.69) is 36.3 Å². The molecule has 0 bridgehead atoms. The molecule has 1 aliphatic carbocycles. The normalized spacial score (nSPS) is 19.8. The molecule has 0 radical (unpaired) electrons. The van der Waals surface area contributed by atoms with Crippen LogP contribution in [0.15, 0.2) is 58.3 Å². The second-order valence-corrected chi connectivity index (χ2v) is 13.5. The molecule has 0 heterocycles. The summed E-state index contributed by atoms with van der Waals surface area (Å²) in [5.41, 5.74) is -1.17. The van der Waals surface area contributed by atoms with Crippen LogP contribution < -0.4 is 10.6 Å². The van der Waals surface area contributed by atoms with Gasteiger partial charge in [0, 0.05) is 28.6 Å². The molecule has 0 unspecified atom stereocenters. The molecule has 0 saturated heterocycles. The van der Waals surface area contributed by atoms with Gasteiger partial charge in [-0.3, -0.25) is 14.5 Å². The van der Waals surface area contributed by atoms with Gasteiger partial charge in [0.25, 0.3) is 5.91 Å². The lowest BCUT2D eigenvalue weighted by Gasteiger charge is -2.43. The average Bonchev–Trinajstić information content (AvgIpc) is 2.92. The van der Waals surface area contributed by atoms with Crippen molar-refractivity contribution >= 4 is 33.4 Å². The zero-order chi connectivity index (χ0) is 30.4. The first-order chi connectivity index (χ1) is 19.2. The van der Waals surface area contributed by atoms with Gasteiger partial charge in [-0.25, -0.2) is 8.42 Å². The minimum atomic E-state index is -4.60. The van der Waals surface area contributed by atoms with Crippen LogP contribution in [0.5, 0.6) is 0 Å². The van der Waals surface area contributed by atoms with E-state index in [-0.39, 0.29) is 34.2 Å². The van der Waals surface area contributed by atoms with Crippen molar-refractivity contribution in [2.24, 2.45) is 5.92 Å². The maximum Gasteiger partial charge on any atom is 0.416 e. The Labute approximate surface area is 244 Å². The highest BCUT2D eigenvalue weighted by Gasteiger charge is 2.37. The Morgan fingerprint density at radius 3 is 2.37 bits per heavy atom. The maximum atomic E-state index is 13.4. The van der Waals surface area contributed by atoms with Crippen molar-refractivity contribution in [3.63, 3.8) is 0 Å². The standard InChI is InChI=1S/C29H38F3N3O4S2/c1-5-35(19(2)3)23-9-14-26(21(16-23)18-41(38,39)25-12-10-24(40-4)11-13-25)34-27(36)17-33-28(37)20-7-6-8-22(15-20)29(30,31)32/h6-8,10-13,15,19,21,23,26H,5,9,14,16-18H2,1-4H3,(H,33,37)(H,34,36)/t21-,23+,26-/m0/s1. The number of amides is 2. The molecule has 0 aromatic heterocycles. The maximum absolute atomic E-state index is 13.4. The lowest BCUT2D eigenvalue weighted by molar-refractivity contribution is -0.137. The average molecular weight is 614 g/mol. The fourth-order valence-electron chi connectivity index (χ4n) is 5.48. The minimum absolute atomic E-state index is 0.140. The topological polar surface area (TPSA) is 95.6 Å². The summed E-state index contributed by atoms with van der Waals surface area (Å²) >= 11 is 1.52. The van der Waals surface area contributed by atoms with E-state index in [9.17, 15) is 31.2 Å². The number of thioether (sulfide) groups is 1. The van der Waals surface area contributed by atoms with Gasteiger partial charge in [0.2, 0.25) is 5.91 Å². The van der Waals surface area contributed by atoms with Crippen LogP contribution >= 0.6 is 11.8 Å². The van der Waals surface area contributed by atoms with Crippen molar-refractivity contribution in [3.05, 3.63) is 59.7 Å². The SMILES string of the molecule is CCN(C(C)C)[C@@H]1CC[C@H](NC(=O)CNC(=O)c2cccc(C(F)(F)F)c2)[C@H](CS(=O)(=O)c2ccc(SC)cc2)C1. The molecule has 1 fully saturated rings. The molecule has 41 heavy (non-hydrogen) atoms. The van der Waals surface area contributed by atoms with Crippen LogP contribution in [-0.4, -0.2) is 68.4 Å². The molecule has 7 nitrogen and oxygen atoms in total. The number of halogens is 3. The number of carbonyl (C=O) groups is 2. The third kappa shape index (κ3) is 8.96. The van der Waals surface area contributed by atoms with Crippen LogP contribution in [0, 0.1) is 5.92 Å². The molecular weight excluding hydrogens is 575 g/mol. The van der Waals surface area contributed by atoms with E-state index in [1.165, 1.54) is 17.8 Å². The predicted octanol–water partition coefficient (Wildman–Crippen LogP) is 5.01. The van der Waals surface area contributed by atoms with Crippen LogP contribution in [0.3, 0.4) is 0 Å². The molecule has 1 saturated carbocycles. The van der Waals surface area contributed by atoms with Crippen molar-refractivity contribution in [2.45, 2.75) is 74.1 Å². The van der Waals surface area contributed by atoms with E-state index in [0.29, 0.717) is 12.8 Å². The predicted molar refractivity (Wildman–Crippen MR) is 155 cm³/mol. The second-order valence-electron chi connectivity index (χ2n) is 10.5. The summed E-state index contributed by atoms with van der Waals surface area (Å²) in [7, 11) is -3.65. The number of hydrogen-bond donors (Lipinski definition) is 2. The van der Waals surface area contributed by atoms with E-state index in [0.717, 1.165) is 36.1 Å². The van der Waals surface area contributed by atoms with Gasteiger partial charge < -0.3 is 10.6 Å². The third-order valence-corrected chi connectivity index (χ3v) is 10.1. The fraction of sp³-hybridized carbons (Fsp3) is 0.517. The van der Waals surface area contributed by atoms with Crippen LogP contribution in [0.25, 0.3) is 0 Å². The zero-order valence-corrected chi connectivity index (χ0v) is 25.3. The number of benzene rings is 2. The highest BCUT2D eigenvalue weighted by Crippen LogP contribution is 2.32. The van der Waals surface area contributed by atoms with Gasteiger partial charge in [-0.2, -0.15) is 13.2 Å². The first-order valence-corrected chi connectivity index (χ1v) is 16.5. The van der Waals surface area contributed by atoms with E-state index in [1.54, 1.807) is 24.3 Å². The summed E-state index contributed by atoms with van der Waals surface area (Å²) in [4.78, 5) is 28.8. The van der Waals surface area contributed by atoms with E-state index in [4.69, 9.17) is 0 Å². The highest BCUT2D eigenvalue weighted by molar-refractivity contribution is 7.98. The Balaban J connectivity index is 1.72. The van der Waals surface area contributed by atoms with Crippen molar-refractivity contribution in [1.82, 2.24) is 15.5 Å². The molecule has 1 aliphatic rings. The molecule has 0 spiro atoms. The third-order valence-electron chi connectivity index (χ3n) is 7.51. The lowest BCUT2D eigenvalue weighted by atomic mass is 9.81. The number of carbonyl (C=O) groups excluding carboxylic acids is 2. The Bertz CT molecular complexity index is 1300. The fourth-order valence-corrected chi connectivity index (χ4v) is 7.56. The van der Waals surface area contributed by atoms with E-state index >= 15 is 0 Å². The number of nitrogens with zero attached hydrogens (tertiary/aromatic N) is 1. The van der Waals surface area contributed by atoms with Gasteiger partial charge in [-0.1, -0.05) is 13.0 Å². The van der Waals surface area contributed by atoms with Gasteiger partial charge in [0.15, 0.2) is 9.84 Å². The number of sulfone groups is 1. The summed E-state index contributed by atoms with van der Waals surface area (Å²) in [6, 6.07) is 10.7.